The zero-order valence-electron chi connectivity index (χ0n) is 10.8. The van der Waals surface area contributed by atoms with Crippen molar-refractivity contribution >= 4 is 10.9 Å². The molecule has 0 aliphatic carbocycles. The summed E-state index contributed by atoms with van der Waals surface area (Å²) in [5.74, 6) is 0.924. The van der Waals surface area contributed by atoms with Crippen molar-refractivity contribution in [2.45, 2.75) is 19.4 Å². The topological polar surface area (TPSA) is 77.8 Å². The highest BCUT2D eigenvalue weighted by molar-refractivity contribution is 5.91. The molecule has 1 aromatic carbocycles. The van der Waals surface area contributed by atoms with Crippen LogP contribution in [0.3, 0.4) is 0 Å². The molecule has 0 bridgehead atoms. The molecule has 0 amide bonds. The molecule has 0 radical (unpaired) electrons. The number of benzene rings is 1. The number of pyridine rings is 1. The molecule has 0 spiro atoms. The first-order valence-corrected chi connectivity index (χ1v) is 6.03. The molecule has 3 rings (SSSR count). The van der Waals surface area contributed by atoms with Crippen molar-refractivity contribution in [3.05, 3.63) is 42.4 Å². The molecule has 0 saturated carbocycles. The summed E-state index contributed by atoms with van der Waals surface area (Å²) in [6, 6.07) is 9.74. The van der Waals surface area contributed by atoms with Gasteiger partial charge in [0, 0.05) is 11.6 Å². The molecule has 0 unspecified atom stereocenters. The van der Waals surface area contributed by atoms with Gasteiger partial charge in [-0.05, 0) is 26.0 Å². The van der Waals surface area contributed by atoms with Crippen LogP contribution >= 0.6 is 0 Å². The number of hydrogen-bond donors (Lipinski definition) is 1. The summed E-state index contributed by atoms with van der Waals surface area (Å²) in [6.45, 7) is 3.67. The molecule has 0 aliphatic rings. The lowest BCUT2D eigenvalue weighted by molar-refractivity contribution is 0.397. The standard InChI is InChI=1S/C14H14N4O/c1-14(2,15)13-17-12(19-18-13)10-7-3-5-9-6-4-8-16-11(9)10/h3-8H,15H2,1-2H3. The summed E-state index contributed by atoms with van der Waals surface area (Å²) in [5.41, 5.74) is 7.00. The number of fused-ring (bicyclic) bond motifs is 1. The first-order chi connectivity index (χ1) is 9.05. The zero-order valence-corrected chi connectivity index (χ0v) is 10.8. The molecule has 0 saturated heterocycles. The number of aromatic nitrogens is 3. The summed E-state index contributed by atoms with van der Waals surface area (Å²) in [7, 11) is 0. The summed E-state index contributed by atoms with van der Waals surface area (Å²) in [4.78, 5) is 8.73. The Kier molecular flexibility index (Phi) is 2.57. The van der Waals surface area contributed by atoms with Crippen molar-refractivity contribution in [2.75, 3.05) is 0 Å². The van der Waals surface area contributed by atoms with Crippen molar-refractivity contribution < 1.29 is 4.52 Å². The Bertz CT molecular complexity index is 722. The normalized spacial score (nSPS) is 11.9. The van der Waals surface area contributed by atoms with Crippen LogP contribution in [0.5, 0.6) is 0 Å². The predicted molar refractivity (Wildman–Crippen MR) is 72.2 cm³/mol. The quantitative estimate of drug-likeness (QED) is 0.760. The second kappa shape index (κ2) is 4.13. The van der Waals surface area contributed by atoms with E-state index in [0.29, 0.717) is 11.7 Å². The molecule has 96 valence electrons. The van der Waals surface area contributed by atoms with Gasteiger partial charge in [0.1, 0.15) is 0 Å². The van der Waals surface area contributed by atoms with Gasteiger partial charge in [-0.25, -0.2) is 0 Å². The van der Waals surface area contributed by atoms with Crippen LogP contribution in [0.1, 0.15) is 19.7 Å². The lowest BCUT2D eigenvalue weighted by atomic mass is 10.1. The van der Waals surface area contributed by atoms with Crippen LogP contribution in [-0.4, -0.2) is 15.1 Å². The van der Waals surface area contributed by atoms with Gasteiger partial charge in [0.25, 0.3) is 5.89 Å². The average Bonchev–Trinajstić information content (AvgIpc) is 2.87. The van der Waals surface area contributed by atoms with Crippen LogP contribution in [0.25, 0.3) is 22.4 Å². The summed E-state index contributed by atoms with van der Waals surface area (Å²) in [6.07, 6.45) is 1.75. The molecule has 0 atom stereocenters. The van der Waals surface area contributed by atoms with E-state index in [4.69, 9.17) is 10.3 Å². The molecule has 2 N–H and O–H groups in total. The first kappa shape index (κ1) is 11.8. The molecule has 2 heterocycles. The molecule has 5 nitrogen and oxygen atoms in total. The first-order valence-electron chi connectivity index (χ1n) is 6.03. The van der Waals surface area contributed by atoms with Crippen LogP contribution in [-0.2, 0) is 5.54 Å². The van der Waals surface area contributed by atoms with Crippen molar-refractivity contribution in [3.8, 4) is 11.5 Å². The third-order valence-electron chi connectivity index (χ3n) is 2.87. The Hall–Kier alpha value is -2.27. The van der Waals surface area contributed by atoms with E-state index in [0.717, 1.165) is 16.5 Å². The fourth-order valence-corrected chi connectivity index (χ4v) is 1.87. The smallest absolute Gasteiger partial charge is 0.260 e. The van der Waals surface area contributed by atoms with E-state index >= 15 is 0 Å². The maximum absolute atomic E-state index is 5.96. The Morgan fingerprint density at radius 1 is 1.16 bits per heavy atom. The summed E-state index contributed by atoms with van der Waals surface area (Å²) in [5, 5.41) is 4.97. The van der Waals surface area contributed by atoms with Gasteiger partial charge in [-0.1, -0.05) is 23.4 Å². The van der Waals surface area contributed by atoms with Crippen LogP contribution < -0.4 is 5.73 Å². The second-order valence-corrected chi connectivity index (χ2v) is 5.03. The Labute approximate surface area is 110 Å². The molecule has 0 aliphatic heterocycles. The molecule has 5 heteroatoms. The fourth-order valence-electron chi connectivity index (χ4n) is 1.87. The van der Waals surface area contributed by atoms with E-state index in [1.165, 1.54) is 0 Å². The molecule has 2 aromatic heterocycles. The van der Waals surface area contributed by atoms with E-state index in [1.54, 1.807) is 6.20 Å². The predicted octanol–water partition coefficient (Wildman–Crippen LogP) is 2.48. The van der Waals surface area contributed by atoms with Gasteiger partial charge in [0.05, 0.1) is 16.6 Å². The lowest BCUT2D eigenvalue weighted by Gasteiger charge is -2.11. The van der Waals surface area contributed by atoms with Crippen molar-refractivity contribution in [2.24, 2.45) is 5.73 Å². The molecule has 3 aromatic rings. The number of hydrogen-bond acceptors (Lipinski definition) is 5. The number of nitrogens with two attached hydrogens (primary N) is 1. The van der Waals surface area contributed by atoms with Crippen LogP contribution in [0.4, 0.5) is 0 Å². The Balaban J connectivity index is 2.17. The molecular weight excluding hydrogens is 240 g/mol. The van der Waals surface area contributed by atoms with E-state index in [9.17, 15) is 0 Å². The van der Waals surface area contributed by atoms with Crippen molar-refractivity contribution in [1.82, 2.24) is 15.1 Å². The molecule has 0 fully saturated rings. The highest BCUT2D eigenvalue weighted by Crippen LogP contribution is 2.26. The van der Waals surface area contributed by atoms with Gasteiger partial charge in [-0.15, -0.1) is 0 Å². The maximum Gasteiger partial charge on any atom is 0.260 e. The third-order valence-corrected chi connectivity index (χ3v) is 2.87. The van der Waals surface area contributed by atoms with Gasteiger partial charge >= 0.3 is 0 Å². The van der Waals surface area contributed by atoms with Gasteiger partial charge in [0.2, 0.25) is 0 Å². The summed E-state index contributed by atoms with van der Waals surface area (Å²) >= 11 is 0. The monoisotopic (exact) mass is 254 g/mol. The van der Waals surface area contributed by atoms with Gasteiger partial charge in [0.15, 0.2) is 5.82 Å². The minimum atomic E-state index is -0.625. The van der Waals surface area contributed by atoms with Crippen LogP contribution in [0.2, 0.25) is 0 Å². The maximum atomic E-state index is 5.96. The van der Waals surface area contributed by atoms with Gasteiger partial charge < -0.3 is 10.3 Å². The van der Waals surface area contributed by atoms with E-state index in [2.05, 4.69) is 15.1 Å². The minimum absolute atomic E-state index is 0.442. The zero-order chi connectivity index (χ0) is 13.5. The van der Waals surface area contributed by atoms with E-state index in [1.807, 2.05) is 44.2 Å². The number of rotatable bonds is 2. The van der Waals surface area contributed by atoms with Crippen molar-refractivity contribution in [3.63, 3.8) is 0 Å². The Morgan fingerprint density at radius 3 is 2.68 bits per heavy atom. The highest BCUT2D eigenvalue weighted by Gasteiger charge is 2.22. The third kappa shape index (κ3) is 2.08. The number of para-hydroxylation sites is 1. The van der Waals surface area contributed by atoms with E-state index < -0.39 is 5.54 Å². The van der Waals surface area contributed by atoms with Crippen molar-refractivity contribution in [1.29, 1.82) is 0 Å². The largest absolute Gasteiger partial charge is 0.334 e. The second-order valence-electron chi connectivity index (χ2n) is 5.03. The summed E-state index contributed by atoms with van der Waals surface area (Å²) < 4.78 is 5.30. The van der Waals surface area contributed by atoms with E-state index in [-0.39, 0.29) is 0 Å². The average molecular weight is 254 g/mol. The molecule has 19 heavy (non-hydrogen) atoms. The van der Waals surface area contributed by atoms with Gasteiger partial charge in [-0.2, -0.15) is 4.98 Å². The SMILES string of the molecule is CC(C)(N)c1noc(-c2cccc3cccnc23)n1. The minimum Gasteiger partial charge on any atom is -0.334 e. The highest BCUT2D eigenvalue weighted by atomic mass is 16.5. The fraction of sp³-hybridized carbons (Fsp3) is 0.214. The molecular formula is C14H14N4O. The Morgan fingerprint density at radius 2 is 1.95 bits per heavy atom. The van der Waals surface area contributed by atoms with Gasteiger partial charge in [-0.3, -0.25) is 4.98 Å². The van der Waals surface area contributed by atoms with Crippen LogP contribution in [0, 0.1) is 0 Å². The number of nitrogens with zero attached hydrogens (tertiary/aromatic N) is 3. The van der Waals surface area contributed by atoms with Crippen LogP contribution in [0.15, 0.2) is 41.1 Å². The lowest BCUT2D eigenvalue weighted by Crippen LogP contribution is -2.30.